The fourth-order valence-corrected chi connectivity index (χ4v) is 2.72. The molecular weight excluding hydrogens is 240 g/mol. The predicted octanol–water partition coefficient (Wildman–Crippen LogP) is 1.06. The van der Waals surface area contributed by atoms with Gasteiger partial charge in [-0.25, -0.2) is 0 Å². The molecule has 0 fully saturated rings. The van der Waals surface area contributed by atoms with Gasteiger partial charge >= 0.3 is 8.80 Å². The van der Waals surface area contributed by atoms with E-state index < -0.39 is 8.80 Å². The van der Waals surface area contributed by atoms with Crippen LogP contribution in [-0.2, 0) is 17.7 Å². The summed E-state index contributed by atoms with van der Waals surface area (Å²) in [5, 5.41) is 0. The number of hydrogen-bond donors (Lipinski definition) is 0. The summed E-state index contributed by atoms with van der Waals surface area (Å²) in [7, 11) is -1.62. The molecule has 0 atom stereocenters. The molecule has 0 aromatic carbocycles. The molecule has 0 spiro atoms. The summed E-state index contributed by atoms with van der Waals surface area (Å²) in [6.45, 7) is 14.1. The molecule has 0 unspecified atom stereocenters. The van der Waals surface area contributed by atoms with Crippen molar-refractivity contribution in [1.82, 2.24) is 0 Å². The van der Waals surface area contributed by atoms with E-state index in [1.165, 1.54) is 0 Å². The first kappa shape index (κ1) is 18.4. The van der Waals surface area contributed by atoms with Crippen molar-refractivity contribution >= 4 is 19.3 Å². The zero-order valence-electron chi connectivity index (χ0n) is 11.2. The lowest BCUT2D eigenvalue weighted by Gasteiger charge is -2.24. The summed E-state index contributed by atoms with van der Waals surface area (Å²) in [5.74, 6) is 0. The van der Waals surface area contributed by atoms with Crippen molar-refractivity contribution in [1.29, 1.82) is 0 Å². The third-order valence-corrected chi connectivity index (χ3v) is 4.73. The molecule has 0 amide bonds. The van der Waals surface area contributed by atoms with Crippen molar-refractivity contribution in [3.8, 4) is 0 Å². The van der Waals surface area contributed by atoms with Gasteiger partial charge in [-0.3, -0.25) is 0 Å². The summed E-state index contributed by atoms with van der Waals surface area (Å²) >= 11 is 0. The molecule has 0 saturated carbocycles. The fourth-order valence-electron chi connectivity index (χ4n) is 0.905. The molecule has 0 heterocycles. The van der Waals surface area contributed by atoms with Gasteiger partial charge < -0.3 is 17.7 Å². The monoisotopic (exact) mass is 266 g/mol. The van der Waals surface area contributed by atoms with Gasteiger partial charge in [0.2, 0.25) is 0 Å². The summed E-state index contributed by atoms with van der Waals surface area (Å²) in [4.78, 5) is 0. The van der Waals surface area contributed by atoms with E-state index in [-0.39, 0.29) is 0 Å². The first-order valence-electron chi connectivity index (χ1n) is 5.70. The van der Waals surface area contributed by atoms with Gasteiger partial charge in [-0.05, 0) is 33.4 Å². The smallest absolute Gasteiger partial charge is 0.428 e. The van der Waals surface area contributed by atoms with Crippen molar-refractivity contribution in [2.75, 3.05) is 26.4 Å². The highest BCUT2D eigenvalue weighted by Crippen LogP contribution is 2.10. The van der Waals surface area contributed by atoms with Gasteiger partial charge in [0.25, 0.3) is 0 Å². The average molecular weight is 266 g/mol. The Hall–Kier alpha value is 0.0138. The second-order valence-electron chi connectivity index (χ2n) is 2.68. The van der Waals surface area contributed by atoms with Crippen LogP contribution in [0.5, 0.6) is 0 Å². The average Bonchev–Trinajstić information content (AvgIpc) is 2.30. The highest BCUT2D eigenvalue weighted by atomic mass is 28.4. The molecular formula is C10H26O4Si2. The Labute approximate surface area is 104 Å². The lowest BCUT2D eigenvalue weighted by Crippen LogP contribution is -2.44. The van der Waals surface area contributed by atoms with Crippen molar-refractivity contribution in [3.63, 3.8) is 0 Å². The molecule has 0 aromatic rings. The minimum atomic E-state index is -2.51. The SMILES string of the molecule is C=C[Si](OCC)(OCC)OCC.CCO[SiH3]. The van der Waals surface area contributed by atoms with Crippen LogP contribution in [0.25, 0.3) is 0 Å². The van der Waals surface area contributed by atoms with Gasteiger partial charge in [-0.2, -0.15) is 0 Å². The van der Waals surface area contributed by atoms with Crippen LogP contribution in [0.4, 0.5) is 0 Å². The lowest BCUT2D eigenvalue weighted by atomic mass is 10.9. The molecule has 0 bridgehead atoms. The van der Waals surface area contributed by atoms with Gasteiger partial charge in [0, 0.05) is 26.4 Å². The Morgan fingerprint density at radius 2 is 1.25 bits per heavy atom. The van der Waals surface area contributed by atoms with E-state index in [0.717, 1.165) is 17.1 Å². The van der Waals surface area contributed by atoms with Gasteiger partial charge in [-0.15, -0.1) is 0 Å². The van der Waals surface area contributed by atoms with Crippen LogP contribution < -0.4 is 0 Å². The molecule has 0 radical (unpaired) electrons. The normalized spacial score (nSPS) is 10.8. The zero-order valence-corrected chi connectivity index (χ0v) is 14.2. The zero-order chi connectivity index (χ0) is 12.9. The highest BCUT2D eigenvalue weighted by molar-refractivity contribution is 6.66. The van der Waals surface area contributed by atoms with Crippen LogP contribution in [0.2, 0.25) is 0 Å². The maximum atomic E-state index is 5.44. The maximum Gasteiger partial charge on any atom is 0.528 e. The highest BCUT2D eigenvalue weighted by Gasteiger charge is 2.36. The van der Waals surface area contributed by atoms with E-state index in [1.807, 2.05) is 27.7 Å². The molecule has 6 heteroatoms. The van der Waals surface area contributed by atoms with Crippen LogP contribution in [-0.4, -0.2) is 45.7 Å². The standard InChI is InChI=1S/C8H18O3Si.C2H8OSi/c1-5-9-12(8-4,10-6-2)11-7-3;1-2-3-4/h8H,4-7H2,1-3H3;2H2,1,4H3. The maximum absolute atomic E-state index is 5.44. The second-order valence-corrected chi connectivity index (χ2v) is 5.74. The Balaban J connectivity index is 0. The first-order chi connectivity index (χ1) is 7.66. The van der Waals surface area contributed by atoms with Gasteiger partial charge in [0.1, 0.15) is 10.5 Å². The number of rotatable bonds is 8. The summed E-state index contributed by atoms with van der Waals surface area (Å²) in [5.41, 5.74) is 1.67. The van der Waals surface area contributed by atoms with Crippen LogP contribution >= 0.6 is 0 Å². The summed E-state index contributed by atoms with van der Waals surface area (Å²) < 4.78 is 21.0. The molecule has 0 aliphatic rings. The Kier molecular flexibility index (Phi) is 15.0. The van der Waals surface area contributed by atoms with Crippen LogP contribution in [0, 0.1) is 0 Å². The van der Waals surface area contributed by atoms with Crippen LogP contribution in [0.15, 0.2) is 12.3 Å². The topological polar surface area (TPSA) is 36.9 Å². The van der Waals surface area contributed by atoms with Crippen molar-refractivity contribution < 1.29 is 17.7 Å². The van der Waals surface area contributed by atoms with E-state index in [0.29, 0.717) is 19.8 Å². The molecule has 4 nitrogen and oxygen atoms in total. The van der Waals surface area contributed by atoms with Crippen molar-refractivity contribution in [2.45, 2.75) is 27.7 Å². The van der Waals surface area contributed by atoms with Crippen molar-refractivity contribution in [2.24, 2.45) is 0 Å². The largest absolute Gasteiger partial charge is 0.528 e. The fraction of sp³-hybridized carbons (Fsp3) is 0.800. The molecule has 0 aliphatic heterocycles. The molecule has 0 rings (SSSR count). The Morgan fingerprint density at radius 3 is 1.38 bits per heavy atom. The minimum Gasteiger partial charge on any atom is -0.428 e. The molecule has 0 aromatic heterocycles. The van der Waals surface area contributed by atoms with Gasteiger partial charge in [0.05, 0.1) is 0 Å². The first-order valence-corrected chi connectivity index (χ1v) is 8.32. The summed E-state index contributed by atoms with van der Waals surface area (Å²) in [6, 6.07) is 0. The molecule has 0 N–H and O–H groups in total. The minimum absolute atomic E-state index is 0.595. The predicted molar refractivity (Wildman–Crippen MR) is 72.4 cm³/mol. The van der Waals surface area contributed by atoms with Gasteiger partial charge in [0.15, 0.2) is 0 Å². The molecule has 0 saturated heterocycles. The Morgan fingerprint density at radius 1 is 0.938 bits per heavy atom. The van der Waals surface area contributed by atoms with E-state index in [1.54, 1.807) is 5.70 Å². The van der Waals surface area contributed by atoms with E-state index >= 15 is 0 Å². The van der Waals surface area contributed by atoms with Gasteiger partial charge in [-0.1, -0.05) is 6.58 Å². The lowest BCUT2D eigenvalue weighted by molar-refractivity contribution is 0.0844. The van der Waals surface area contributed by atoms with E-state index in [9.17, 15) is 0 Å². The third-order valence-electron chi connectivity index (χ3n) is 1.58. The summed E-state index contributed by atoms with van der Waals surface area (Å²) in [6.07, 6.45) is 0. The molecule has 98 valence electrons. The number of hydrogen-bond acceptors (Lipinski definition) is 4. The molecule has 0 aliphatic carbocycles. The van der Waals surface area contributed by atoms with E-state index in [2.05, 4.69) is 11.0 Å². The second kappa shape index (κ2) is 13.1. The molecule has 16 heavy (non-hydrogen) atoms. The van der Waals surface area contributed by atoms with Crippen LogP contribution in [0.1, 0.15) is 27.7 Å². The third kappa shape index (κ3) is 9.25. The van der Waals surface area contributed by atoms with Crippen LogP contribution in [0.3, 0.4) is 0 Å². The Bertz CT molecular complexity index is 137. The quantitative estimate of drug-likeness (QED) is 0.616. The van der Waals surface area contributed by atoms with Crippen molar-refractivity contribution in [3.05, 3.63) is 12.3 Å². The van der Waals surface area contributed by atoms with E-state index in [4.69, 9.17) is 13.3 Å².